The molecule has 0 saturated heterocycles. The summed E-state index contributed by atoms with van der Waals surface area (Å²) in [6.45, 7) is 2.09. The molecule has 0 amide bonds. The molecule has 3 aromatic rings. The molecule has 2 nitrogen and oxygen atoms in total. The van der Waals surface area contributed by atoms with Crippen LogP contribution in [0.5, 0.6) is 0 Å². The molecule has 0 aliphatic heterocycles. The number of hydrogen-bond donors (Lipinski definition) is 0. The number of aromatic nitrogens is 2. The lowest BCUT2D eigenvalue weighted by atomic mass is 10.1. The highest BCUT2D eigenvalue weighted by Crippen LogP contribution is 2.24. The summed E-state index contributed by atoms with van der Waals surface area (Å²) < 4.78 is 3.04. The van der Waals surface area contributed by atoms with E-state index in [-0.39, 0.29) is 0 Å². The lowest BCUT2D eigenvalue weighted by Gasteiger charge is -2.08. The van der Waals surface area contributed by atoms with Crippen molar-refractivity contribution in [2.75, 3.05) is 0 Å². The van der Waals surface area contributed by atoms with Gasteiger partial charge in [0, 0.05) is 10.0 Å². The minimum atomic E-state index is 1.08. The van der Waals surface area contributed by atoms with Crippen LogP contribution in [-0.2, 0) is 0 Å². The summed E-state index contributed by atoms with van der Waals surface area (Å²) in [6, 6.07) is 18.7. The standard InChI is InChI=1S/C16H13BrN2/c1-12-2-8-15(9-3-12)19-16(10-11-18-19)13-4-6-14(17)7-5-13/h2-11H,1H3. The number of nitrogens with zero attached hydrogens (tertiary/aromatic N) is 2. The van der Waals surface area contributed by atoms with Crippen LogP contribution in [-0.4, -0.2) is 9.78 Å². The monoisotopic (exact) mass is 312 g/mol. The van der Waals surface area contributed by atoms with Gasteiger partial charge in [-0.25, -0.2) is 4.68 Å². The third kappa shape index (κ3) is 2.47. The van der Waals surface area contributed by atoms with Gasteiger partial charge in [0.25, 0.3) is 0 Å². The number of rotatable bonds is 2. The van der Waals surface area contributed by atoms with E-state index in [9.17, 15) is 0 Å². The number of benzene rings is 2. The second kappa shape index (κ2) is 5.02. The smallest absolute Gasteiger partial charge is 0.0740 e. The van der Waals surface area contributed by atoms with E-state index in [1.54, 1.807) is 0 Å². The predicted molar refractivity (Wildman–Crippen MR) is 81.4 cm³/mol. The van der Waals surface area contributed by atoms with Gasteiger partial charge in [-0.15, -0.1) is 0 Å². The second-order valence-electron chi connectivity index (χ2n) is 4.47. The Kier molecular flexibility index (Phi) is 3.22. The van der Waals surface area contributed by atoms with Crippen molar-refractivity contribution >= 4 is 15.9 Å². The Balaban J connectivity index is 2.07. The van der Waals surface area contributed by atoms with Gasteiger partial charge in [-0.05, 0) is 37.3 Å². The average molecular weight is 313 g/mol. The van der Waals surface area contributed by atoms with Gasteiger partial charge < -0.3 is 0 Å². The maximum Gasteiger partial charge on any atom is 0.0740 e. The molecule has 1 aromatic heterocycles. The number of hydrogen-bond acceptors (Lipinski definition) is 1. The number of halogens is 1. The Labute approximate surface area is 120 Å². The molecule has 0 atom stereocenters. The van der Waals surface area contributed by atoms with Crippen molar-refractivity contribution in [1.82, 2.24) is 9.78 Å². The molecule has 0 fully saturated rings. The highest BCUT2D eigenvalue weighted by molar-refractivity contribution is 9.10. The van der Waals surface area contributed by atoms with Gasteiger partial charge in [-0.2, -0.15) is 5.10 Å². The Morgan fingerprint density at radius 1 is 0.895 bits per heavy atom. The molecule has 0 radical (unpaired) electrons. The van der Waals surface area contributed by atoms with E-state index in [2.05, 4.69) is 64.4 Å². The van der Waals surface area contributed by atoms with Crippen LogP contribution in [0.25, 0.3) is 16.9 Å². The van der Waals surface area contributed by atoms with Crippen LogP contribution >= 0.6 is 15.9 Å². The maximum atomic E-state index is 4.42. The van der Waals surface area contributed by atoms with Crippen LogP contribution in [0, 0.1) is 6.92 Å². The van der Waals surface area contributed by atoms with Crippen LogP contribution < -0.4 is 0 Å². The molecular formula is C16H13BrN2. The van der Waals surface area contributed by atoms with Gasteiger partial charge in [0.2, 0.25) is 0 Å². The quantitative estimate of drug-likeness (QED) is 0.675. The zero-order valence-corrected chi connectivity index (χ0v) is 12.1. The Bertz CT molecular complexity index is 622. The first-order valence-electron chi connectivity index (χ1n) is 6.11. The maximum absolute atomic E-state index is 4.42. The molecule has 0 saturated carbocycles. The van der Waals surface area contributed by atoms with E-state index >= 15 is 0 Å². The summed E-state index contributed by atoms with van der Waals surface area (Å²) in [7, 11) is 0. The fourth-order valence-corrected chi connectivity index (χ4v) is 2.30. The zero-order valence-electron chi connectivity index (χ0n) is 10.5. The molecule has 0 N–H and O–H groups in total. The van der Waals surface area contributed by atoms with Crippen LogP contribution in [0.3, 0.4) is 0 Å². The third-order valence-corrected chi connectivity index (χ3v) is 3.59. The highest BCUT2D eigenvalue weighted by Gasteiger charge is 2.06. The summed E-state index contributed by atoms with van der Waals surface area (Å²) in [6.07, 6.45) is 1.83. The SMILES string of the molecule is Cc1ccc(-n2nccc2-c2ccc(Br)cc2)cc1. The molecule has 2 aromatic carbocycles. The van der Waals surface area contributed by atoms with Gasteiger partial charge in [-0.1, -0.05) is 45.8 Å². The molecule has 3 heteroatoms. The summed E-state index contributed by atoms with van der Waals surface area (Å²) in [4.78, 5) is 0. The van der Waals surface area contributed by atoms with E-state index in [4.69, 9.17) is 0 Å². The van der Waals surface area contributed by atoms with Crippen molar-refractivity contribution in [3.63, 3.8) is 0 Å². The summed E-state index contributed by atoms with van der Waals surface area (Å²) in [5, 5.41) is 4.42. The van der Waals surface area contributed by atoms with E-state index in [1.165, 1.54) is 5.56 Å². The molecule has 94 valence electrons. The highest BCUT2D eigenvalue weighted by atomic mass is 79.9. The van der Waals surface area contributed by atoms with Gasteiger partial charge in [-0.3, -0.25) is 0 Å². The summed E-state index contributed by atoms with van der Waals surface area (Å²) in [5.74, 6) is 0. The molecule has 1 heterocycles. The largest absolute Gasteiger partial charge is 0.233 e. The van der Waals surface area contributed by atoms with Crippen LogP contribution in [0.1, 0.15) is 5.56 Å². The topological polar surface area (TPSA) is 17.8 Å². The average Bonchev–Trinajstić information content (AvgIpc) is 2.90. The van der Waals surface area contributed by atoms with Gasteiger partial charge >= 0.3 is 0 Å². The zero-order chi connectivity index (χ0) is 13.2. The third-order valence-electron chi connectivity index (χ3n) is 3.06. The van der Waals surface area contributed by atoms with E-state index in [0.29, 0.717) is 0 Å². The summed E-state index contributed by atoms with van der Waals surface area (Å²) >= 11 is 3.46. The Morgan fingerprint density at radius 2 is 1.58 bits per heavy atom. The van der Waals surface area contributed by atoms with Crippen LogP contribution in [0.4, 0.5) is 0 Å². The molecule has 3 rings (SSSR count). The minimum absolute atomic E-state index is 1.08. The van der Waals surface area contributed by atoms with Crippen LogP contribution in [0.2, 0.25) is 0 Å². The molecule has 0 aliphatic carbocycles. The van der Waals surface area contributed by atoms with E-state index in [1.807, 2.05) is 29.1 Å². The fourth-order valence-electron chi connectivity index (χ4n) is 2.03. The van der Waals surface area contributed by atoms with E-state index in [0.717, 1.165) is 21.4 Å². The second-order valence-corrected chi connectivity index (χ2v) is 5.39. The Hall–Kier alpha value is -1.87. The predicted octanol–water partition coefficient (Wildman–Crippen LogP) is 4.61. The van der Waals surface area contributed by atoms with Crippen LogP contribution in [0.15, 0.2) is 65.3 Å². The molecular weight excluding hydrogens is 300 g/mol. The van der Waals surface area contributed by atoms with Crippen molar-refractivity contribution in [2.45, 2.75) is 6.92 Å². The van der Waals surface area contributed by atoms with Crippen molar-refractivity contribution in [3.8, 4) is 16.9 Å². The van der Waals surface area contributed by atoms with Crippen molar-refractivity contribution in [3.05, 3.63) is 70.8 Å². The van der Waals surface area contributed by atoms with Crippen molar-refractivity contribution < 1.29 is 0 Å². The summed E-state index contributed by atoms with van der Waals surface area (Å²) in [5.41, 5.74) is 4.58. The number of aryl methyl sites for hydroxylation is 1. The normalized spacial score (nSPS) is 10.6. The fraction of sp³-hybridized carbons (Fsp3) is 0.0625. The molecule has 0 unspecified atom stereocenters. The Morgan fingerprint density at radius 3 is 2.26 bits per heavy atom. The minimum Gasteiger partial charge on any atom is -0.233 e. The van der Waals surface area contributed by atoms with Gasteiger partial charge in [0.1, 0.15) is 0 Å². The lowest BCUT2D eigenvalue weighted by molar-refractivity contribution is 0.887. The van der Waals surface area contributed by atoms with Gasteiger partial charge in [0.05, 0.1) is 17.6 Å². The first-order chi connectivity index (χ1) is 9.24. The van der Waals surface area contributed by atoms with E-state index < -0.39 is 0 Å². The first-order valence-corrected chi connectivity index (χ1v) is 6.90. The molecule has 0 bridgehead atoms. The first kappa shape index (κ1) is 12.2. The van der Waals surface area contributed by atoms with Gasteiger partial charge in [0.15, 0.2) is 0 Å². The van der Waals surface area contributed by atoms with Crippen molar-refractivity contribution in [1.29, 1.82) is 0 Å². The molecule has 0 aliphatic rings. The lowest BCUT2D eigenvalue weighted by Crippen LogP contribution is -1.98. The van der Waals surface area contributed by atoms with Crippen molar-refractivity contribution in [2.24, 2.45) is 0 Å². The molecule has 0 spiro atoms. The molecule has 19 heavy (non-hydrogen) atoms.